The molecule has 2 rings (SSSR count). The molecule has 17 heavy (non-hydrogen) atoms. The van der Waals surface area contributed by atoms with Gasteiger partial charge in [0.15, 0.2) is 5.00 Å². The van der Waals surface area contributed by atoms with E-state index >= 15 is 0 Å². The Hall–Kier alpha value is -0.610. The molecule has 0 bridgehead atoms. The van der Waals surface area contributed by atoms with Gasteiger partial charge in [-0.3, -0.25) is 0 Å². The van der Waals surface area contributed by atoms with Crippen LogP contribution in [-0.2, 0) is 0 Å². The zero-order chi connectivity index (χ0) is 12.3. The lowest BCUT2D eigenvalue weighted by molar-refractivity contribution is 0.172. The molecule has 94 valence electrons. The SMILES string of the molecule is C[C@@](F)(Sc1cccc(F)c1)C1CCNCC1. The Bertz CT molecular complexity index is 375. The van der Waals surface area contributed by atoms with Gasteiger partial charge in [0.2, 0.25) is 0 Å². The molecule has 0 aromatic heterocycles. The zero-order valence-electron chi connectivity index (χ0n) is 9.88. The summed E-state index contributed by atoms with van der Waals surface area (Å²) in [7, 11) is 0. The maximum Gasteiger partial charge on any atom is 0.160 e. The summed E-state index contributed by atoms with van der Waals surface area (Å²) >= 11 is 1.13. The van der Waals surface area contributed by atoms with Gasteiger partial charge in [-0.15, -0.1) is 0 Å². The fraction of sp³-hybridized carbons (Fsp3) is 0.538. The Balaban J connectivity index is 2.05. The maximum absolute atomic E-state index is 14.6. The van der Waals surface area contributed by atoms with Gasteiger partial charge in [-0.2, -0.15) is 0 Å². The molecular weight excluding hydrogens is 240 g/mol. The van der Waals surface area contributed by atoms with Crippen molar-refractivity contribution in [1.29, 1.82) is 0 Å². The third-order valence-corrected chi connectivity index (χ3v) is 4.40. The van der Waals surface area contributed by atoms with Gasteiger partial charge in [-0.05, 0) is 51.1 Å². The van der Waals surface area contributed by atoms with Gasteiger partial charge >= 0.3 is 0 Å². The summed E-state index contributed by atoms with van der Waals surface area (Å²) in [5, 5.41) is 1.90. The van der Waals surface area contributed by atoms with Crippen molar-refractivity contribution >= 4 is 11.8 Å². The van der Waals surface area contributed by atoms with Crippen LogP contribution >= 0.6 is 11.8 Å². The number of thioether (sulfide) groups is 1. The highest BCUT2D eigenvalue weighted by atomic mass is 32.2. The van der Waals surface area contributed by atoms with Crippen molar-refractivity contribution in [3.8, 4) is 0 Å². The van der Waals surface area contributed by atoms with E-state index in [9.17, 15) is 8.78 Å². The number of piperidine rings is 1. The van der Waals surface area contributed by atoms with Crippen LogP contribution in [0.3, 0.4) is 0 Å². The van der Waals surface area contributed by atoms with Crippen LogP contribution in [0.4, 0.5) is 8.78 Å². The van der Waals surface area contributed by atoms with Gasteiger partial charge in [0, 0.05) is 10.8 Å². The van der Waals surface area contributed by atoms with Gasteiger partial charge in [-0.1, -0.05) is 17.8 Å². The summed E-state index contributed by atoms with van der Waals surface area (Å²) in [5.74, 6) is -0.270. The lowest BCUT2D eigenvalue weighted by Crippen LogP contribution is -2.36. The van der Waals surface area contributed by atoms with Crippen molar-refractivity contribution in [2.24, 2.45) is 5.92 Å². The molecule has 1 N–H and O–H groups in total. The number of halogens is 2. The molecule has 4 heteroatoms. The summed E-state index contributed by atoms with van der Waals surface area (Å²) in [6.07, 6.45) is 1.69. The van der Waals surface area contributed by atoms with Gasteiger partial charge in [0.05, 0.1) is 0 Å². The number of alkyl halides is 1. The first-order valence-electron chi connectivity index (χ1n) is 5.92. The largest absolute Gasteiger partial charge is 0.317 e. The van der Waals surface area contributed by atoms with Crippen molar-refractivity contribution in [1.82, 2.24) is 5.32 Å². The fourth-order valence-corrected chi connectivity index (χ4v) is 3.36. The van der Waals surface area contributed by atoms with E-state index in [0.29, 0.717) is 4.90 Å². The topological polar surface area (TPSA) is 12.0 Å². The molecule has 0 aliphatic carbocycles. The van der Waals surface area contributed by atoms with E-state index in [4.69, 9.17) is 0 Å². The van der Waals surface area contributed by atoms with Crippen molar-refractivity contribution in [2.45, 2.75) is 29.7 Å². The molecule has 1 fully saturated rings. The van der Waals surface area contributed by atoms with Gasteiger partial charge in [-0.25, -0.2) is 8.78 Å². The molecule has 0 saturated carbocycles. The summed E-state index contributed by atoms with van der Waals surface area (Å²) < 4.78 is 27.6. The molecule has 1 aliphatic rings. The first-order chi connectivity index (χ1) is 8.08. The zero-order valence-corrected chi connectivity index (χ0v) is 10.7. The predicted molar refractivity (Wildman–Crippen MR) is 67.4 cm³/mol. The molecule has 0 unspecified atom stereocenters. The molecule has 1 atom stereocenters. The van der Waals surface area contributed by atoms with E-state index in [1.54, 1.807) is 19.1 Å². The summed E-state index contributed by atoms with van der Waals surface area (Å²) in [4.78, 5) is 0.661. The fourth-order valence-electron chi connectivity index (χ4n) is 2.18. The van der Waals surface area contributed by atoms with Crippen molar-refractivity contribution in [3.05, 3.63) is 30.1 Å². The number of rotatable bonds is 3. The average Bonchev–Trinajstić information content (AvgIpc) is 2.29. The highest BCUT2D eigenvalue weighted by Gasteiger charge is 2.36. The van der Waals surface area contributed by atoms with Crippen LogP contribution in [0.5, 0.6) is 0 Å². The molecule has 0 amide bonds. The number of nitrogens with one attached hydrogen (secondary N) is 1. The molecule has 1 aromatic carbocycles. The first-order valence-corrected chi connectivity index (χ1v) is 6.74. The standard InChI is InChI=1S/C13H17F2NS/c1-13(15,10-5-7-16-8-6-10)17-12-4-2-3-11(14)9-12/h2-4,9-10,16H,5-8H2,1H3/t13-/m1/s1. The molecule has 1 saturated heterocycles. The second-order valence-corrected chi connectivity index (χ2v) is 6.04. The lowest BCUT2D eigenvalue weighted by atomic mass is 9.93. The first kappa shape index (κ1) is 12.8. The van der Waals surface area contributed by atoms with E-state index in [0.717, 1.165) is 37.7 Å². The summed E-state index contributed by atoms with van der Waals surface area (Å²) in [5.41, 5.74) is 0. The number of hydrogen-bond donors (Lipinski definition) is 1. The van der Waals surface area contributed by atoms with Gasteiger partial charge in [0.25, 0.3) is 0 Å². The highest BCUT2D eigenvalue weighted by molar-refractivity contribution is 8.00. The van der Waals surface area contributed by atoms with E-state index in [2.05, 4.69) is 5.32 Å². The number of benzene rings is 1. The maximum atomic E-state index is 14.6. The minimum absolute atomic E-state index is 0.0389. The molecule has 1 aromatic rings. The Labute approximate surface area is 105 Å². The molecule has 1 nitrogen and oxygen atoms in total. The van der Waals surface area contributed by atoms with E-state index in [1.165, 1.54) is 12.1 Å². The van der Waals surface area contributed by atoms with Gasteiger partial charge < -0.3 is 5.32 Å². The minimum Gasteiger partial charge on any atom is -0.317 e. The molecular formula is C13H17F2NS. The van der Waals surface area contributed by atoms with Crippen molar-refractivity contribution in [2.75, 3.05) is 13.1 Å². The second-order valence-electron chi connectivity index (χ2n) is 4.57. The van der Waals surface area contributed by atoms with Crippen molar-refractivity contribution in [3.63, 3.8) is 0 Å². The van der Waals surface area contributed by atoms with Crippen LogP contribution in [-0.4, -0.2) is 18.1 Å². The monoisotopic (exact) mass is 257 g/mol. The Kier molecular flexibility index (Phi) is 4.05. The lowest BCUT2D eigenvalue weighted by Gasteiger charge is -2.33. The molecule has 1 heterocycles. The smallest absolute Gasteiger partial charge is 0.160 e. The normalized spacial score (nSPS) is 21.1. The highest BCUT2D eigenvalue weighted by Crippen LogP contribution is 2.43. The van der Waals surface area contributed by atoms with Crippen LogP contribution in [0.2, 0.25) is 0 Å². The van der Waals surface area contributed by atoms with E-state index in [-0.39, 0.29) is 11.7 Å². The third kappa shape index (κ3) is 3.42. The van der Waals surface area contributed by atoms with E-state index in [1.807, 2.05) is 0 Å². The van der Waals surface area contributed by atoms with Crippen LogP contribution in [0.1, 0.15) is 19.8 Å². The van der Waals surface area contributed by atoms with Gasteiger partial charge in [0.1, 0.15) is 5.82 Å². The molecule has 0 spiro atoms. The van der Waals surface area contributed by atoms with Crippen LogP contribution < -0.4 is 5.32 Å². The Morgan fingerprint density at radius 1 is 1.35 bits per heavy atom. The van der Waals surface area contributed by atoms with Crippen LogP contribution in [0.15, 0.2) is 29.2 Å². The third-order valence-electron chi connectivity index (χ3n) is 3.18. The second kappa shape index (κ2) is 5.36. The molecule has 1 aliphatic heterocycles. The summed E-state index contributed by atoms with van der Waals surface area (Å²) in [6.45, 7) is 3.35. The molecule has 0 radical (unpaired) electrons. The average molecular weight is 257 g/mol. The predicted octanol–water partition coefficient (Wildman–Crippen LogP) is 3.60. The quantitative estimate of drug-likeness (QED) is 0.830. The van der Waals surface area contributed by atoms with E-state index < -0.39 is 5.00 Å². The number of hydrogen-bond acceptors (Lipinski definition) is 2. The van der Waals surface area contributed by atoms with Crippen LogP contribution in [0.25, 0.3) is 0 Å². The Morgan fingerprint density at radius 2 is 2.06 bits per heavy atom. The van der Waals surface area contributed by atoms with Crippen LogP contribution in [0, 0.1) is 11.7 Å². The van der Waals surface area contributed by atoms with Crippen molar-refractivity contribution < 1.29 is 8.78 Å². The summed E-state index contributed by atoms with van der Waals surface area (Å²) in [6, 6.07) is 6.15. The Morgan fingerprint density at radius 3 is 2.71 bits per heavy atom. The minimum atomic E-state index is -1.32.